The largest absolute Gasteiger partial charge is 0.507 e. The minimum absolute atomic E-state index is 0.124. The van der Waals surface area contributed by atoms with Crippen LogP contribution >= 0.6 is 0 Å². The highest BCUT2D eigenvalue weighted by atomic mass is 16.5. The maximum Gasteiger partial charge on any atom is 0.455 e. The van der Waals surface area contributed by atoms with E-state index in [1.807, 2.05) is 60.7 Å². The molecule has 0 aromatic heterocycles. The van der Waals surface area contributed by atoms with Crippen molar-refractivity contribution >= 4 is 41.5 Å². The zero-order valence-corrected chi connectivity index (χ0v) is 25.0. The van der Waals surface area contributed by atoms with Gasteiger partial charge in [-0.25, -0.2) is 0 Å². The van der Waals surface area contributed by atoms with Gasteiger partial charge in [-0.3, -0.25) is 14.5 Å². The third-order valence-corrected chi connectivity index (χ3v) is 9.47. The second kappa shape index (κ2) is 12.5. The molecule has 0 saturated carbocycles. The molecule has 0 unspecified atom stereocenters. The topological polar surface area (TPSA) is 87.1 Å². The molecule has 2 N–H and O–H groups in total. The maximum atomic E-state index is 13.9. The molecule has 3 aromatic rings. The molecule has 7 heteroatoms. The van der Waals surface area contributed by atoms with Crippen LogP contribution < -0.4 is 4.90 Å². The molecule has 6 rings (SSSR count). The van der Waals surface area contributed by atoms with E-state index in [0.717, 1.165) is 54.0 Å². The molecule has 0 spiro atoms. The molecule has 6 nitrogen and oxygen atoms in total. The average molecular weight is 578 g/mol. The molecule has 1 aliphatic carbocycles. The predicted molar refractivity (Wildman–Crippen MR) is 171 cm³/mol. The summed E-state index contributed by atoms with van der Waals surface area (Å²) in [6, 6.07) is 20.8. The van der Waals surface area contributed by atoms with Gasteiger partial charge in [0, 0.05) is 5.39 Å². The van der Waals surface area contributed by atoms with Crippen molar-refractivity contribution in [1.29, 1.82) is 0 Å². The van der Waals surface area contributed by atoms with Gasteiger partial charge in [-0.2, -0.15) is 0 Å². The van der Waals surface area contributed by atoms with E-state index in [4.69, 9.17) is 4.65 Å². The monoisotopic (exact) mass is 577 g/mol. The normalized spacial score (nSPS) is 24.1. The molecular weight excluding hydrogens is 537 g/mol. The summed E-state index contributed by atoms with van der Waals surface area (Å²) in [4.78, 5) is 29.0. The number of anilines is 1. The van der Waals surface area contributed by atoms with Crippen molar-refractivity contribution in [2.45, 2.75) is 71.2 Å². The first kappa shape index (κ1) is 29.4. The number of hydrogen-bond acceptors (Lipinski definition) is 5. The van der Waals surface area contributed by atoms with Crippen LogP contribution in [0, 0.1) is 17.8 Å². The first-order chi connectivity index (χ1) is 20.9. The Labute approximate surface area is 254 Å². The summed E-state index contributed by atoms with van der Waals surface area (Å²) in [5, 5.41) is 23.2. The zero-order chi connectivity index (χ0) is 30.1. The first-order valence-corrected chi connectivity index (χ1v) is 15.8. The second-order valence-electron chi connectivity index (χ2n) is 12.2. The number of carbonyl (C=O) groups is 2. The summed E-state index contributed by atoms with van der Waals surface area (Å²) in [6.45, 7) is 4.31. The Balaban J connectivity index is 1.31. The van der Waals surface area contributed by atoms with E-state index in [-0.39, 0.29) is 29.6 Å². The van der Waals surface area contributed by atoms with Crippen LogP contribution in [0.4, 0.5) is 5.69 Å². The van der Waals surface area contributed by atoms with Gasteiger partial charge in [-0.15, -0.1) is 0 Å². The highest BCUT2D eigenvalue weighted by Crippen LogP contribution is 2.52. The van der Waals surface area contributed by atoms with Crippen molar-refractivity contribution in [3.8, 4) is 5.75 Å². The van der Waals surface area contributed by atoms with Crippen LogP contribution in [0.5, 0.6) is 5.75 Å². The third kappa shape index (κ3) is 5.57. The first-order valence-electron chi connectivity index (χ1n) is 15.8. The van der Waals surface area contributed by atoms with Gasteiger partial charge in [0.15, 0.2) is 0 Å². The number of fused-ring (bicyclic) bond motifs is 4. The average Bonchev–Trinajstić information content (AvgIpc) is 3.26. The minimum atomic E-state index is -0.978. The number of para-hydroxylation sites is 1. The van der Waals surface area contributed by atoms with Gasteiger partial charge in [-0.1, -0.05) is 92.4 Å². The van der Waals surface area contributed by atoms with Crippen LogP contribution in [0.1, 0.15) is 64.4 Å². The number of phenols is 1. The van der Waals surface area contributed by atoms with Gasteiger partial charge >= 0.3 is 7.12 Å². The summed E-state index contributed by atoms with van der Waals surface area (Å²) >= 11 is 0. The number of carbonyl (C=O) groups excluding carboxylic acids is 2. The number of nitrogens with zero attached hydrogens (tertiary/aromatic N) is 1. The standard InChI is InChI=1S/C36H40BNO5/c1-3-10-23(20-24-17-18-31(39)28-15-9-8-14-27(24)28)16-19-32-33-25(11-4-2)21-29-34(30(33)22-37(42)43-32)36(41)38(35(29)40)26-12-6-5-7-13-26/h5-9,12-15,17-18,20,29-30,32,34,39,42H,3-4,10-11,16,19,21-22H2,1-2H3/b23-20+/t29-,30+,32-,34-/m1/s1. The van der Waals surface area contributed by atoms with Crippen molar-refractivity contribution in [2.24, 2.45) is 17.8 Å². The Morgan fingerprint density at radius 1 is 0.930 bits per heavy atom. The smallest absolute Gasteiger partial charge is 0.455 e. The van der Waals surface area contributed by atoms with Crippen molar-refractivity contribution in [3.05, 3.63) is 89.0 Å². The molecular formula is C36H40BNO5. The summed E-state index contributed by atoms with van der Waals surface area (Å²) in [7, 11) is -0.978. The highest BCUT2D eigenvalue weighted by molar-refractivity contribution is 6.43. The van der Waals surface area contributed by atoms with E-state index in [1.165, 1.54) is 16.0 Å². The molecule has 43 heavy (non-hydrogen) atoms. The summed E-state index contributed by atoms with van der Waals surface area (Å²) < 4.78 is 6.25. The van der Waals surface area contributed by atoms with E-state index in [2.05, 4.69) is 19.9 Å². The van der Waals surface area contributed by atoms with Crippen LogP contribution in [0.15, 0.2) is 83.4 Å². The Bertz CT molecular complexity index is 1580. The van der Waals surface area contributed by atoms with Gasteiger partial charge < -0.3 is 14.8 Å². The molecule has 3 aromatic carbocycles. The minimum Gasteiger partial charge on any atom is -0.507 e. The molecule has 222 valence electrons. The summed E-state index contributed by atoms with van der Waals surface area (Å²) in [5.41, 5.74) is 5.35. The summed E-state index contributed by atoms with van der Waals surface area (Å²) in [6.07, 6.45) is 8.04. The lowest BCUT2D eigenvalue weighted by atomic mass is 9.58. The van der Waals surface area contributed by atoms with E-state index in [9.17, 15) is 19.7 Å². The van der Waals surface area contributed by atoms with Crippen LogP contribution in [-0.4, -0.2) is 35.2 Å². The fourth-order valence-electron chi connectivity index (χ4n) is 7.69. The van der Waals surface area contributed by atoms with Crippen molar-refractivity contribution in [2.75, 3.05) is 4.90 Å². The molecule has 2 fully saturated rings. The zero-order valence-electron chi connectivity index (χ0n) is 25.0. The fraction of sp³-hybridized carbons (Fsp3) is 0.389. The number of phenolic OH excluding ortho intramolecular Hbond substituents is 1. The fourth-order valence-corrected chi connectivity index (χ4v) is 7.69. The van der Waals surface area contributed by atoms with E-state index < -0.39 is 19.0 Å². The Hall–Kier alpha value is -3.68. The van der Waals surface area contributed by atoms with E-state index in [1.54, 1.807) is 6.07 Å². The Morgan fingerprint density at radius 3 is 2.42 bits per heavy atom. The molecule has 2 saturated heterocycles. The van der Waals surface area contributed by atoms with Crippen molar-refractivity contribution in [1.82, 2.24) is 0 Å². The predicted octanol–water partition coefficient (Wildman–Crippen LogP) is 7.31. The third-order valence-electron chi connectivity index (χ3n) is 9.47. The van der Waals surface area contributed by atoms with Crippen LogP contribution in [0.25, 0.3) is 16.8 Å². The number of aromatic hydroxyl groups is 1. The van der Waals surface area contributed by atoms with Crippen molar-refractivity contribution in [3.63, 3.8) is 0 Å². The van der Waals surface area contributed by atoms with Gasteiger partial charge in [0.05, 0.1) is 23.6 Å². The van der Waals surface area contributed by atoms with Gasteiger partial charge in [-0.05, 0) is 79.1 Å². The Morgan fingerprint density at radius 2 is 1.67 bits per heavy atom. The van der Waals surface area contributed by atoms with E-state index >= 15 is 0 Å². The lowest BCUT2D eigenvalue weighted by molar-refractivity contribution is -0.122. The lowest BCUT2D eigenvalue weighted by Crippen LogP contribution is -2.46. The molecule has 0 bridgehead atoms. The molecule has 2 aliphatic heterocycles. The van der Waals surface area contributed by atoms with E-state index in [0.29, 0.717) is 24.8 Å². The summed E-state index contributed by atoms with van der Waals surface area (Å²) in [5.74, 6) is -1.08. The maximum absolute atomic E-state index is 13.9. The second-order valence-corrected chi connectivity index (χ2v) is 12.2. The van der Waals surface area contributed by atoms with Gasteiger partial charge in [0.25, 0.3) is 0 Å². The van der Waals surface area contributed by atoms with Crippen LogP contribution in [0.2, 0.25) is 6.32 Å². The number of hydrogen-bond donors (Lipinski definition) is 2. The molecule has 4 atom stereocenters. The van der Waals surface area contributed by atoms with Crippen molar-refractivity contribution < 1.29 is 24.4 Å². The Kier molecular flexibility index (Phi) is 8.55. The quantitative estimate of drug-likeness (QED) is 0.158. The number of amides is 2. The molecule has 0 radical (unpaired) electrons. The van der Waals surface area contributed by atoms with Gasteiger partial charge in [0.1, 0.15) is 5.75 Å². The molecule has 2 amide bonds. The van der Waals surface area contributed by atoms with Crippen LogP contribution in [0.3, 0.4) is 0 Å². The number of rotatable bonds is 9. The number of imide groups is 1. The number of benzene rings is 3. The highest BCUT2D eigenvalue weighted by Gasteiger charge is 2.57. The SMILES string of the molecule is CCCC1=C2[C@@H](CC/C(=C/c3ccc(O)c4ccccc34)CCC)OB(O)C[C@@H]2[C@@H]2C(=O)N(c3ccccc3)C(=O)[C@@H]2C1. The lowest BCUT2D eigenvalue weighted by Gasteiger charge is -2.43. The van der Waals surface area contributed by atoms with Crippen LogP contribution in [-0.2, 0) is 14.2 Å². The number of allylic oxidation sites excluding steroid dienone is 2. The molecule has 3 aliphatic rings. The van der Waals surface area contributed by atoms with Gasteiger partial charge in [0.2, 0.25) is 11.8 Å². The molecule has 2 heterocycles.